The number of halogens is 1. The summed E-state index contributed by atoms with van der Waals surface area (Å²) in [5, 5.41) is 0.711. The Balaban J connectivity index is 1.92. The fraction of sp³-hybridized carbons (Fsp3) is 0.176. The minimum Gasteiger partial charge on any atom is -0.449 e. The Morgan fingerprint density at radius 1 is 1.13 bits per heavy atom. The molecular weight excluding hydrogens is 334 g/mol. The molecule has 0 aliphatic heterocycles. The minimum atomic E-state index is -0.942. The lowest BCUT2D eigenvalue weighted by molar-refractivity contribution is -0.125. The summed E-state index contributed by atoms with van der Waals surface area (Å²) in [5.74, 6) is -0.461. The van der Waals surface area contributed by atoms with Crippen LogP contribution in [0.4, 0.5) is 0 Å². The number of esters is 1. The van der Waals surface area contributed by atoms with Gasteiger partial charge in [-0.3, -0.25) is 4.79 Å². The van der Waals surface area contributed by atoms with E-state index in [2.05, 4.69) is 0 Å². The van der Waals surface area contributed by atoms with Crippen LogP contribution in [0.15, 0.2) is 53.4 Å². The fourth-order valence-corrected chi connectivity index (χ4v) is 2.70. The maximum atomic E-state index is 11.8. The number of carbonyl (C=O) groups is 2. The molecule has 1 atom stereocenters. The second-order valence-corrected chi connectivity index (χ2v) is 6.37. The van der Waals surface area contributed by atoms with Crippen LogP contribution in [-0.4, -0.2) is 18.0 Å². The summed E-state index contributed by atoms with van der Waals surface area (Å²) in [6.07, 6.45) is -0.942. The van der Waals surface area contributed by atoms with Gasteiger partial charge in [-0.1, -0.05) is 23.7 Å². The first-order chi connectivity index (χ1) is 11.0. The standard InChI is InChI=1S/C17H16ClNO3S/c1-11(16(19)20)22-17(21)13-4-2-12(3-5-13)10-23-15-8-6-14(18)7-9-15/h2-9,11H,10H2,1H3,(H2,19,20). The van der Waals surface area contributed by atoms with Crippen molar-refractivity contribution in [2.24, 2.45) is 5.73 Å². The lowest BCUT2D eigenvalue weighted by atomic mass is 10.1. The van der Waals surface area contributed by atoms with Crippen molar-refractivity contribution in [1.29, 1.82) is 0 Å². The zero-order valence-corrected chi connectivity index (χ0v) is 14.1. The van der Waals surface area contributed by atoms with Crippen LogP contribution in [0, 0.1) is 0 Å². The molecule has 0 bridgehead atoms. The van der Waals surface area contributed by atoms with Crippen molar-refractivity contribution in [2.75, 3.05) is 0 Å². The largest absolute Gasteiger partial charge is 0.449 e. The molecule has 4 nitrogen and oxygen atoms in total. The Bertz CT molecular complexity index is 686. The molecule has 0 radical (unpaired) electrons. The molecule has 2 aromatic carbocycles. The average molecular weight is 350 g/mol. The van der Waals surface area contributed by atoms with Crippen LogP contribution >= 0.6 is 23.4 Å². The Kier molecular flexibility index (Phi) is 6.07. The lowest BCUT2D eigenvalue weighted by Crippen LogP contribution is -2.30. The molecule has 6 heteroatoms. The molecule has 120 valence electrons. The number of hydrogen-bond acceptors (Lipinski definition) is 4. The van der Waals surface area contributed by atoms with Crippen LogP contribution in [0.1, 0.15) is 22.8 Å². The number of benzene rings is 2. The van der Waals surface area contributed by atoms with Crippen molar-refractivity contribution in [3.05, 3.63) is 64.7 Å². The summed E-state index contributed by atoms with van der Waals surface area (Å²) in [6, 6.07) is 14.7. The van der Waals surface area contributed by atoms with Gasteiger partial charge in [0.05, 0.1) is 5.56 Å². The van der Waals surface area contributed by atoms with E-state index in [-0.39, 0.29) is 0 Å². The first kappa shape index (κ1) is 17.4. The summed E-state index contributed by atoms with van der Waals surface area (Å²) < 4.78 is 4.95. The maximum Gasteiger partial charge on any atom is 0.338 e. The first-order valence-electron chi connectivity index (χ1n) is 6.93. The predicted octanol–water partition coefficient (Wildman–Crippen LogP) is 3.66. The van der Waals surface area contributed by atoms with Crippen molar-refractivity contribution in [3.8, 4) is 0 Å². The van der Waals surface area contributed by atoms with Gasteiger partial charge in [-0.05, 0) is 48.9 Å². The number of primary amides is 1. The molecule has 2 N–H and O–H groups in total. The van der Waals surface area contributed by atoms with E-state index >= 15 is 0 Å². The Hall–Kier alpha value is -1.98. The maximum absolute atomic E-state index is 11.8. The summed E-state index contributed by atoms with van der Waals surface area (Å²) in [5.41, 5.74) is 6.52. The average Bonchev–Trinajstić information content (AvgIpc) is 2.54. The second-order valence-electron chi connectivity index (χ2n) is 4.89. The van der Waals surface area contributed by atoms with Gasteiger partial charge in [0, 0.05) is 15.7 Å². The van der Waals surface area contributed by atoms with Crippen molar-refractivity contribution in [3.63, 3.8) is 0 Å². The third-order valence-corrected chi connectivity index (χ3v) is 4.43. The lowest BCUT2D eigenvalue weighted by Gasteiger charge is -2.09. The summed E-state index contributed by atoms with van der Waals surface area (Å²) in [6.45, 7) is 1.44. The van der Waals surface area contributed by atoms with E-state index in [1.807, 2.05) is 36.4 Å². The molecule has 2 aromatic rings. The van der Waals surface area contributed by atoms with E-state index in [1.54, 1.807) is 23.9 Å². The smallest absolute Gasteiger partial charge is 0.338 e. The highest BCUT2D eigenvalue weighted by Gasteiger charge is 2.15. The third kappa shape index (κ3) is 5.30. The Morgan fingerprint density at radius 3 is 2.30 bits per heavy atom. The normalized spacial score (nSPS) is 11.7. The topological polar surface area (TPSA) is 69.4 Å². The van der Waals surface area contributed by atoms with E-state index in [9.17, 15) is 9.59 Å². The van der Waals surface area contributed by atoms with Gasteiger partial charge in [-0.15, -0.1) is 11.8 Å². The van der Waals surface area contributed by atoms with E-state index in [1.165, 1.54) is 6.92 Å². The van der Waals surface area contributed by atoms with Crippen molar-refractivity contribution in [2.45, 2.75) is 23.7 Å². The Labute approximate surface area is 144 Å². The van der Waals surface area contributed by atoms with Gasteiger partial charge in [-0.2, -0.15) is 0 Å². The van der Waals surface area contributed by atoms with Crippen LogP contribution in [0.25, 0.3) is 0 Å². The van der Waals surface area contributed by atoms with E-state index in [0.717, 1.165) is 16.2 Å². The SMILES string of the molecule is CC(OC(=O)c1ccc(CSc2ccc(Cl)cc2)cc1)C(N)=O. The molecule has 2 rings (SSSR count). The highest BCUT2D eigenvalue weighted by molar-refractivity contribution is 7.98. The molecular formula is C17H16ClNO3S. The van der Waals surface area contributed by atoms with E-state index in [4.69, 9.17) is 22.1 Å². The number of thioether (sulfide) groups is 1. The van der Waals surface area contributed by atoms with Crippen LogP contribution < -0.4 is 5.73 Å². The van der Waals surface area contributed by atoms with Crippen LogP contribution in [0.3, 0.4) is 0 Å². The quantitative estimate of drug-likeness (QED) is 0.638. The molecule has 0 aromatic heterocycles. The van der Waals surface area contributed by atoms with Gasteiger partial charge in [-0.25, -0.2) is 4.79 Å². The van der Waals surface area contributed by atoms with Crippen molar-refractivity contribution < 1.29 is 14.3 Å². The molecule has 0 aliphatic carbocycles. The molecule has 0 heterocycles. The molecule has 0 aliphatic rings. The van der Waals surface area contributed by atoms with Crippen molar-refractivity contribution in [1.82, 2.24) is 0 Å². The van der Waals surface area contributed by atoms with E-state index in [0.29, 0.717) is 10.6 Å². The molecule has 1 amide bonds. The molecule has 23 heavy (non-hydrogen) atoms. The summed E-state index contributed by atoms with van der Waals surface area (Å²) in [4.78, 5) is 23.8. The summed E-state index contributed by atoms with van der Waals surface area (Å²) in [7, 11) is 0. The zero-order chi connectivity index (χ0) is 16.8. The number of ether oxygens (including phenoxy) is 1. The number of carbonyl (C=O) groups excluding carboxylic acids is 2. The molecule has 0 saturated carbocycles. The zero-order valence-electron chi connectivity index (χ0n) is 12.5. The van der Waals surface area contributed by atoms with Gasteiger partial charge < -0.3 is 10.5 Å². The van der Waals surface area contributed by atoms with E-state index < -0.39 is 18.0 Å². The number of amides is 1. The predicted molar refractivity (Wildman–Crippen MR) is 91.5 cm³/mol. The third-order valence-electron chi connectivity index (χ3n) is 3.09. The minimum absolute atomic E-state index is 0.387. The number of nitrogens with two attached hydrogens (primary N) is 1. The number of hydrogen-bond donors (Lipinski definition) is 1. The van der Waals surface area contributed by atoms with Crippen LogP contribution in [0.2, 0.25) is 5.02 Å². The van der Waals surface area contributed by atoms with Crippen molar-refractivity contribution >= 4 is 35.2 Å². The van der Waals surface area contributed by atoms with Gasteiger partial charge in [0.1, 0.15) is 0 Å². The molecule has 0 fully saturated rings. The second kappa shape index (κ2) is 8.04. The highest BCUT2D eigenvalue weighted by atomic mass is 35.5. The van der Waals surface area contributed by atoms with Gasteiger partial charge in [0.15, 0.2) is 6.10 Å². The van der Waals surface area contributed by atoms with Crippen LogP contribution in [0.5, 0.6) is 0 Å². The highest BCUT2D eigenvalue weighted by Crippen LogP contribution is 2.24. The number of rotatable bonds is 6. The molecule has 0 spiro atoms. The summed E-state index contributed by atoms with van der Waals surface area (Å²) >= 11 is 7.52. The van der Waals surface area contributed by atoms with Gasteiger partial charge >= 0.3 is 5.97 Å². The fourth-order valence-electron chi connectivity index (χ4n) is 1.72. The molecule has 1 unspecified atom stereocenters. The Morgan fingerprint density at radius 2 is 1.74 bits per heavy atom. The van der Waals surface area contributed by atoms with Gasteiger partial charge in [0.25, 0.3) is 5.91 Å². The first-order valence-corrected chi connectivity index (χ1v) is 8.29. The van der Waals surface area contributed by atoms with Crippen LogP contribution in [-0.2, 0) is 15.3 Å². The monoisotopic (exact) mass is 349 g/mol. The van der Waals surface area contributed by atoms with Gasteiger partial charge in [0.2, 0.25) is 0 Å². The molecule has 0 saturated heterocycles.